The molecule has 0 bridgehead atoms. The lowest BCUT2D eigenvalue weighted by Gasteiger charge is -2.11. The van der Waals surface area contributed by atoms with Gasteiger partial charge < -0.3 is 8.98 Å². The Balaban J connectivity index is 1.43. The SMILES string of the molecule is Cc1ccccc1Cn1c(C(=O)Nc2nc(-c3ccc(F)cc3)cs2)cc2occc21. The number of thiazole rings is 1. The van der Waals surface area contributed by atoms with Gasteiger partial charge in [0.05, 0.1) is 17.5 Å². The molecule has 0 radical (unpaired) electrons. The van der Waals surface area contributed by atoms with Gasteiger partial charge in [-0.1, -0.05) is 24.3 Å². The van der Waals surface area contributed by atoms with E-state index in [-0.39, 0.29) is 11.7 Å². The van der Waals surface area contributed by atoms with Crippen LogP contribution < -0.4 is 5.32 Å². The molecular weight excluding hydrogens is 413 g/mol. The molecule has 0 fully saturated rings. The van der Waals surface area contributed by atoms with Gasteiger partial charge in [-0.15, -0.1) is 11.3 Å². The average Bonchev–Trinajstić information content (AvgIpc) is 3.48. The van der Waals surface area contributed by atoms with Crippen LogP contribution in [0.1, 0.15) is 21.6 Å². The van der Waals surface area contributed by atoms with Gasteiger partial charge >= 0.3 is 0 Å². The van der Waals surface area contributed by atoms with E-state index in [2.05, 4.69) is 29.4 Å². The predicted molar refractivity (Wildman–Crippen MR) is 120 cm³/mol. The van der Waals surface area contributed by atoms with Gasteiger partial charge in [-0.25, -0.2) is 9.37 Å². The number of nitrogens with zero attached hydrogens (tertiary/aromatic N) is 2. The Labute approximate surface area is 181 Å². The molecule has 0 aliphatic rings. The summed E-state index contributed by atoms with van der Waals surface area (Å²) in [6.07, 6.45) is 1.62. The van der Waals surface area contributed by atoms with Gasteiger partial charge in [0.15, 0.2) is 10.7 Å². The van der Waals surface area contributed by atoms with Crippen molar-refractivity contribution >= 4 is 33.5 Å². The summed E-state index contributed by atoms with van der Waals surface area (Å²) in [6.45, 7) is 2.61. The van der Waals surface area contributed by atoms with Crippen molar-refractivity contribution in [2.45, 2.75) is 13.5 Å². The molecule has 3 heterocycles. The van der Waals surface area contributed by atoms with Crippen molar-refractivity contribution in [3.8, 4) is 11.3 Å². The molecule has 5 nitrogen and oxygen atoms in total. The van der Waals surface area contributed by atoms with Crippen LogP contribution in [-0.4, -0.2) is 15.5 Å². The minimum absolute atomic E-state index is 0.264. The van der Waals surface area contributed by atoms with Crippen molar-refractivity contribution in [3.05, 3.63) is 94.9 Å². The molecule has 0 atom stereocenters. The lowest BCUT2D eigenvalue weighted by atomic mass is 10.1. The van der Waals surface area contributed by atoms with Crippen LogP contribution in [0.25, 0.3) is 22.4 Å². The van der Waals surface area contributed by atoms with Gasteiger partial charge in [0, 0.05) is 29.6 Å². The summed E-state index contributed by atoms with van der Waals surface area (Å²) in [7, 11) is 0. The fourth-order valence-corrected chi connectivity index (χ4v) is 4.25. The van der Waals surface area contributed by atoms with Crippen molar-refractivity contribution in [2.24, 2.45) is 0 Å². The number of carbonyl (C=O) groups is 1. The van der Waals surface area contributed by atoms with Gasteiger partial charge in [0.25, 0.3) is 5.91 Å². The number of carbonyl (C=O) groups excluding carboxylic acids is 1. The third kappa shape index (κ3) is 3.75. The molecular formula is C24H18FN3O2S. The summed E-state index contributed by atoms with van der Waals surface area (Å²) < 4.78 is 20.6. The van der Waals surface area contributed by atoms with Gasteiger partial charge in [-0.2, -0.15) is 0 Å². The Hall–Kier alpha value is -3.71. The second-order valence-electron chi connectivity index (χ2n) is 7.21. The van der Waals surface area contributed by atoms with Crippen molar-refractivity contribution in [2.75, 3.05) is 5.32 Å². The largest absolute Gasteiger partial charge is 0.463 e. The lowest BCUT2D eigenvalue weighted by molar-refractivity contribution is 0.101. The van der Waals surface area contributed by atoms with E-state index in [1.54, 1.807) is 24.5 Å². The maximum atomic E-state index is 13.2. The molecule has 0 aliphatic carbocycles. The average molecular weight is 431 g/mol. The van der Waals surface area contributed by atoms with Crippen LogP contribution in [0.4, 0.5) is 9.52 Å². The zero-order valence-electron chi connectivity index (χ0n) is 16.6. The first-order chi connectivity index (χ1) is 15.1. The van der Waals surface area contributed by atoms with Crippen molar-refractivity contribution < 1.29 is 13.6 Å². The van der Waals surface area contributed by atoms with E-state index < -0.39 is 0 Å². The summed E-state index contributed by atoms with van der Waals surface area (Å²) in [5.74, 6) is -0.564. The molecule has 5 aromatic rings. The van der Waals surface area contributed by atoms with E-state index in [1.807, 2.05) is 28.1 Å². The van der Waals surface area contributed by atoms with E-state index in [4.69, 9.17) is 4.42 Å². The highest BCUT2D eigenvalue weighted by molar-refractivity contribution is 7.14. The lowest BCUT2D eigenvalue weighted by Crippen LogP contribution is -2.17. The molecule has 0 aliphatic heterocycles. The third-order valence-corrected chi connectivity index (χ3v) is 5.97. The molecule has 1 amide bonds. The summed E-state index contributed by atoms with van der Waals surface area (Å²) >= 11 is 1.32. The first-order valence-electron chi connectivity index (χ1n) is 9.72. The third-order valence-electron chi connectivity index (χ3n) is 5.21. The van der Waals surface area contributed by atoms with Crippen LogP contribution >= 0.6 is 11.3 Å². The number of hydrogen-bond donors (Lipinski definition) is 1. The topological polar surface area (TPSA) is 60.1 Å². The van der Waals surface area contributed by atoms with Crippen molar-refractivity contribution in [1.29, 1.82) is 0 Å². The van der Waals surface area contributed by atoms with Crippen molar-refractivity contribution in [3.63, 3.8) is 0 Å². The van der Waals surface area contributed by atoms with E-state index >= 15 is 0 Å². The number of furan rings is 1. The standard InChI is InChI=1S/C24H18FN3O2S/c1-15-4-2-3-5-17(15)13-28-20-10-11-30-22(20)12-21(28)23(29)27-24-26-19(14-31-24)16-6-8-18(25)9-7-16/h2-12,14H,13H2,1H3,(H,26,27,29). The number of hydrogen-bond acceptors (Lipinski definition) is 4. The van der Waals surface area contributed by atoms with E-state index in [1.165, 1.54) is 23.5 Å². The quantitative estimate of drug-likeness (QED) is 0.365. The second-order valence-corrected chi connectivity index (χ2v) is 8.07. The number of benzene rings is 2. The normalized spacial score (nSPS) is 11.2. The number of halogens is 1. The minimum atomic E-state index is -0.300. The monoisotopic (exact) mass is 431 g/mol. The molecule has 0 unspecified atom stereocenters. The second kappa shape index (κ2) is 7.85. The first-order valence-corrected chi connectivity index (χ1v) is 10.6. The first kappa shape index (κ1) is 19.3. The Morgan fingerprint density at radius 1 is 1.16 bits per heavy atom. The van der Waals surface area contributed by atoms with Gasteiger partial charge in [0.2, 0.25) is 0 Å². The Bertz CT molecular complexity index is 1380. The van der Waals surface area contributed by atoms with Gasteiger partial charge in [-0.3, -0.25) is 10.1 Å². The summed E-state index contributed by atoms with van der Waals surface area (Å²) in [4.78, 5) is 17.6. The number of aromatic nitrogens is 2. The van der Waals surface area contributed by atoms with Crippen LogP contribution in [-0.2, 0) is 6.54 Å². The maximum absolute atomic E-state index is 13.2. The Kier molecular flexibility index (Phi) is 4.88. The molecule has 31 heavy (non-hydrogen) atoms. The fraction of sp³-hybridized carbons (Fsp3) is 0.0833. The Morgan fingerprint density at radius 2 is 1.97 bits per heavy atom. The predicted octanol–water partition coefficient (Wildman–Crippen LogP) is 6.11. The zero-order valence-corrected chi connectivity index (χ0v) is 17.4. The van der Waals surface area contributed by atoms with Crippen LogP contribution in [0, 0.1) is 12.7 Å². The molecule has 0 spiro atoms. The summed E-state index contributed by atoms with van der Waals surface area (Å²) in [5.41, 5.74) is 5.77. The van der Waals surface area contributed by atoms with Crippen LogP contribution in [0.3, 0.4) is 0 Å². The highest BCUT2D eigenvalue weighted by Crippen LogP contribution is 2.27. The van der Waals surface area contributed by atoms with E-state index in [9.17, 15) is 9.18 Å². The molecule has 154 valence electrons. The number of amides is 1. The van der Waals surface area contributed by atoms with E-state index in [0.717, 1.165) is 22.2 Å². The summed E-state index contributed by atoms with van der Waals surface area (Å²) in [5, 5.41) is 5.19. The number of nitrogens with one attached hydrogen (secondary N) is 1. The highest BCUT2D eigenvalue weighted by Gasteiger charge is 2.19. The molecule has 0 saturated heterocycles. The zero-order chi connectivity index (χ0) is 21.4. The number of fused-ring (bicyclic) bond motifs is 1. The van der Waals surface area contributed by atoms with E-state index in [0.29, 0.717) is 28.6 Å². The molecule has 7 heteroatoms. The molecule has 0 saturated carbocycles. The van der Waals surface area contributed by atoms with Crippen molar-refractivity contribution in [1.82, 2.24) is 9.55 Å². The van der Waals surface area contributed by atoms with Crippen LogP contribution in [0.2, 0.25) is 0 Å². The molecule has 2 aromatic carbocycles. The maximum Gasteiger partial charge on any atom is 0.274 e. The minimum Gasteiger partial charge on any atom is -0.463 e. The summed E-state index contributed by atoms with van der Waals surface area (Å²) in [6, 6.07) is 17.8. The fourth-order valence-electron chi connectivity index (χ4n) is 3.54. The highest BCUT2D eigenvalue weighted by atomic mass is 32.1. The molecule has 5 rings (SSSR count). The number of rotatable bonds is 5. The molecule has 1 N–H and O–H groups in total. The van der Waals surface area contributed by atoms with Crippen LogP contribution in [0.15, 0.2) is 76.7 Å². The number of anilines is 1. The van der Waals surface area contributed by atoms with Crippen LogP contribution in [0.5, 0.6) is 0 Å². The van der Waals surface area contributed by atoms with Gasteiger partial charge in [0.1, 0.15) is 11.5 Å². The molecule has 3 aromatic heterocycles. The Morgan fingerprint density at radius 3 is 2.77 bits per heavy atom. The van der Waals surface area contributed by atoms with Gasteiger partial charge in [-0.05, 0) is 42.3 Å². The smallest absolute Gasteiger partial charge is 0.274 e. The number of aryl methyl sites for hydroxylation is 1.